The molecule has 0 bridgehead atoms. The lowest BCUT2D eigenvalue weighted by Gasteiger charge is -2.33. The second-order valence-electron chi connectivity index (χ2n) is 8.23. The highest BCUT2D eigenvalue weighted by atomic mass is 16.5. The van der Waals surface area contributed by atoms with E-state index in [4.69, 9.17) is 4.74 Å². The van der Waals surface area contributed by atoms with Gasteiger partial charge in [0, 0.05) is 57.1 Å². The van der Waals surface area contributed by atoms with Gasteiger partial charge < -0.3 is 15.0 Å². The Morgan fingerprint density at radius 1 is 1.11 bits per heavy atom. The van der Waals surface area contributed by atoms with Gasteiger partial charge in [0.25, 0.3) is 0 Å². The largest absolute Gasteiger partial charge is 0.378 e. The van der Waals surface area contributed by atoms with Crippen molar-refractivity contribution in [1.29, 1.82) is 0 Å². The standard InChI is InChI=1S/C20H31N5O3/c26-19(15-24-7-1-6-22-24)21-13-18-5-4-17(25(18)14-16-2-3-16)12-20(27)23-8-10-28-11-9-23/h1,6-7,16-18H,2-5,8-15H2,(H,21,26)/t17-,18+/m1/s1. The van der Waals surface area contributed by atoms with Crippen LogP contribution in [0.25, 0.3) is 0 Å². The second kappa shape index (κ2) is 9.05. The van der Waals surface area contributed by atoms with Crippen LogP contribution < -0.4 is 5.32 Å². The van der Waals surface area contributed by atoms with Gasteiger partial charge in [-0.15, -0.1) is 0 Å². The predicted octanol–water partition coefficient (Wildman–Crippen LogP) is 0.491. The first-order valence-corrected chi connectivity index (χ1v) is 10.5. The minimum absolute atomic E-state index is 0.0112. The fourth-order valence-electron chi connectivity index (χ4n) is 4.32. The zero-order chi connectivity index (χ0) is 19.3. The number of morpholine rings is 1. The molecule has 3 aliphatic rings. The first-order valence-electron chi connectivity index (χ1n) is 10.5. The molecular weight excluding hydrogens is 358 g/mol. The monoisotopic (exact) mass is 389 g/mol. The Labute approximate surface area is 166 Å². The molecule has 8 nitrogen and oxygen atoms in total. The number of nitrogens with zero attached hydrogens (tertiary/aromatic N) is 4. The number of hydrogen-bond acceptors (Lipinski definition) is 5. The van der Waals surface area contributed by atoms with E-state index in [9.17, 15) is 9.59 Å². The third kappa shape index (κ3) is 5.11. The fourth-order valence-corrected chi connectivity index (χ4v) is 4.32. The number of nitrogens with one attached hydrogen (secondary N) is 1. The van der Waals surface area contributed by atoms with Crippen LogP contribution in [0.5, 0.6) is 0 Å². The number of likely N-dealkylation sites (tertiary alicyclic amines) is 1. The van der Waals surface area contributed by atoms with Crippen LogP contribution in [0, 0.1) is 5.92 Å². The van der Waals surface area contributed by atoms with Gasteiger partial charge in [0.1, 0.15) is 6.54 Å². The summed E-state index contributed by atoms with van der Waals surface area (Å²) in [4.78, 5) is 29.4. The Morgan fingerprint density at radius 2 is 1.89 bits per heavy atom. The summed E-state index contributed by atoms with van der Waals surface area (Å²) in [7, 11) is 0. The van der Waals surface area contributed by atoms with Crippen LogP contribution in [0.15, 0.2) is 18.5 Å². The molecule has 0 aromatic carbocycles. The zero-order valence-electron chi connectivity index (χ0n) is 16.5. The maximum Gasteiger partial charge on any atom is 0.241 e. The van der Waals surface area contributed by atoms with E-state index in [0.29, 0.717) is 51.4 Å². The van der Waals surface area contributed by atoms with Crippen LogP contribution in [0.2, 0.25) is 0 Å². The van der Waals surface area contributed by atoms with E-state index < -0.39 is 0 Å². The highest BCUT2D eigenvalue weighted by Gasteiger charge is 2.38. The Kier molecular flexibility index (Phi) is 6.26. The number of amides is 2. The molecule has 3 fully saturated rings. The Balaban J connectivity index is 1.29. The number of carbonyl (C=O) groups excluding carboxylic acids is 2. The molecule has 154 valence electrons. The molecule has 2 amide bonds. The molecule has 2 saturated heterocycles. The number of rotatable bonds is 8. The summed E-state index contributed by atoms with van der Waals surface area (Å²) in [5.74, 6) is 1.00. The summed E-state index contributed by atoms with van der Waals surface area (Å²) in [6, 6.07) is 2.44. The highest BCUT2D eigenvalue weighted by molar-refractivity contribution is 5.77. The minimum atomic E-state index is -0.0112. The van der Waals surface area contributed by atoms with E-state index >= 15 is 0 Å². The van der Waals surface area contributed by atoms with Gasteiger partial charge in [0.15, 0.2) is 0 Å². The van der Waals surface area contributed by atoms with Gasteiger partial charge >= 0.3 is 0 Å². The molecule has 1 aromatic heterocycles. The zero-order valence-corrected chi connectivity index (χ0v) is 16.5. The molecule has 1 aromatic rings. The fraction of sp³-hybridized carbons (Fsp3) is 0.750. The van der Waals surface area contributed by atoms with Crippen LogP contribution in [0.3, 0.4) is 0 Å². The van der Waals surface area contributed by atoms with Gasteiger partial charge in [-0.3, -0.25) is 19.2 Å². The number of aromatic nitrogens is 2. The third-order valence-corrected chi connectivity index (χ3v) is 6.11. The summed E-state index contributed by atoms with van der Waals surface area (Å²) in [5, 5.41) is 7.15. The molecule has 2 atom stereocenters. The van der Waals surface area contributed by atoms with E-state index in [1.54, 1.807) is 17.1 Å². The van der Waals surface area contributed by atoms with E-state index in [1.165, 1.54) is 12.8 Å². The molecule has 8 heteroatoms. The molecule has 0 radical (unpaired) electrons. The lowest BCUT2D eigenvalue weighted by atomic mass is 10.1. The smallest absolute Gasteiger partial charge is 0.241 e. The van der Waals surface area contributed by atoms with Crippen LogP contribution in [-0.2, 0) is 20.9 Å². The molecular formula is C20H31N5O3. The molecule has 1 N–H and O–H groups in total. The van der Waals surface area contributed by atoms with E-state index in [0.717, 1.165) is 25.3 Å². The lowest BCUT2D eigenvalue weighted by Crippen LogP contribution is -2.47. The van der Waals surface area contributed by atoms with E-state index in [1.807, 2.05) is 11.0 Å². The molecule has 3 heterocycles. The van der Waals surface area contributed by atoms with E-state index in [-0.39, 0.29) is 18.4 Å². The van der Waals surface area contributed by atoms with Gasteiger partial charge in [-0.2, -0.15) is 5.10 Å². The maximum absolute atomic E-state index is 12.7. The first-order chi connectivity index (χ1) is 13.7. The SMILES string of the molecule is O=C(Cn1cccn1)NC[C@@H]1CC[C@H](CC(=O)N2CCOCC2)N1CC1CC1. The summed E-state index contributed by atoms with van der Waals surface area (Å²) in [6.45, 7) is 4.67. The van der Waals surface area contributed by atoms with Crippen molar-refractivity contribution in [3.8, 4) is 0 Å². The molecule has 4 rings (SSSR count). The van der Waals surface area contributed by atoms with Crippen molar-refractivity contribution in [3.05, 3.63) is 18.5 Å². The second-order valence-corrected chi connectivity index (χ2v) is 8.23. The van der Waals surface area contributed by atoms with Crippen molar-refractivity contribution in [3.63, 3.8) is 0 Å². The van der Waals surface area contributed by atoms with Crippen molar-refractivity contribution >= 4 is 11.8 Å². The van der Waals surface area contributed by atoms with Gasteiger partial charge in [-0.25, -0.2) is 0 Å². The summed E-state index contributed by atoms with van der Waals surface area (Å²) in [6.07, 6.45) is 8.71. The topological polar surface area (TPSA) is 79.7 Å². The summed E-state index contributed by atoms with van der Waals surface area (Å²) >= 11 is 0. The van der Waals surface area contributed by atoms with Crippen molar-refractivity contribution in [1.82, 2.24) is 24.9 Å². The molecule has 1 saturated carbocycles. The van der Waals surface area contributed by atoms with Crippen LogP contribution >= 0.6 is 0 Å². The van der Waals surface area contributed by atoms with Crippen molar-refractivity contribution < 1.29 is 14.3 Å². The Bertz CT molecular complexity index is 655. The van der Waals surface area contributed by atoms with Crippen LogP contribution in [0.4, 0.5) is 0 Å². The minimum Gasteiger partial charge on any atom is -0.378 e. The number of carbonyl (C=O) groups is 2. The van der Waals surface area contributed by atoms with Gasteiger partial charge in [-0.05, 0) is 37.7 Å². The molecule has 0 unspecified atom stereocenters. The molecule has 1 aliphatic carbocycles. The van der Waals surface area contributed by atoms with Crippen LogP contribution in [-0.4, -0.2) is 82.9 Å². The van der Waals surface area contributed by atoms with Crippen molar-refractivity contribution in [2.45, 2.75) is 50.7 Å². The van der Waals surface area contributed by atoms with Gasteiger partial charge in [-0.1, -0.05) is 0 Å². The summed E-state index contributed by atoms with van der Waals surface area (Å²) < 4.78 is 6.99. The lowest BCUT2D eigenvalue weighted by molar-refractivity contribution is -0.136. The Morgan fingerprint density at radius 3 is 2.61 bits per heavy atom. The number of hydrogen-bond donors (Lipinski definition) is 1. The summed E-state index contributed by atoms with van der Waals surface area (Å²) in [5.41, 5.74) is 0. The molecule has 2 aliphatic heterocycles. The predicted molar refractivity (Wildman–Crippen MR) is 103 cm³/mol. The van der Waals surface area contributed by atoms with Gasteiger partial charge in [0.2, 0.25) is 11.8 Å². The van der Waals surface area contributed by atoms with Crippen LogP contribution in [0.1, 0.15) is 32.1 Å². The average molecular weight is 390 g/mol. The normalized spacial score (nSPS) is 25.8. The Hall–Kier alpha value is -1.93. The molecule has 0 spiro atoms. The first kappa shape index (κ1) is 19.4. The van der Waals surface area contributed by atoms with E-state index in [2.05, 4.69) is 15.3 Å². The van der Waals surface area contributed by atoms with Gasteiger partial charge in [0.05, 0.1) is 13.2 Å². The third-order valence-electron chi connectivity index (χ3n) is 6.11. The highest BCUT2D eigenvalue weighted by Crippen LogP contribution is 2.35. The molecule has 28 heavy (non-hydrogen) atoms. The number of ether oxygens (including phenoxy) is 1. The average Bonchev–Trinajstić information content (AvgIpc) is 3.24. The maximum atomic E-state index is 12.7. The van der Waals surface area contributed by atoms with Crippen molar-refractivity contribution in [2.24, 2.45) is 5.92 Å². The van der Waals surface area contributed by atoms with Crippen molar-refractivity contribution in [2.75, 3.05) is 39.4 Å². The quantitative estimate of drug-likeness (QED) is 0.700.